The van der Waals surface area contributed by atoms with Crippen molar-refractivity contribution in [2.24, 2.45) is 0 Å². The molecule has 0 radical (unpaired) electrons. The number of carboxylic acid groups (broad SMARTS) is 1. The van der Waals surface area contributed by atoms with Crippen LogP contribution in [-0.4, -0.2) is 31.4 Å². The van der Waals surface area contributed by atoms with Crippen LogP contribution in [0.5, 0.6) is 0 Å². The van der Waals surface area contributed by atoms with Crippen molar-refractivity contribution in [3.8, 4) is 0 Å². The number of benzene rings is 2. The summed E-state index contributed by atoms with van der Waals surface area (Å²) in [6.45, 7) is 3.31. The van der Waals surface area contributed by atoms with Crippen molar-refractivity contribution in [1.29, 1.82) is 0 Å². The average Bonchev–Trinajstić information content (AvgIpc) is 2.59. The first-order valence-corrected chi connectivity index (χ1v) is 9.50. The maximum atomic E-state index is 13.9. The highest BCUT2D eigenvalue weighted by Gasteiger charge is 2.26. The maximum absolute atomic E-state index is 13.9. The van der Waals surface area contributed by atoms with Crippen LogP contribution in [0.15, 0.2) is 53.4 Å². The van der Waals surface area contributed by atoms with Gasteiger partial charge in [-0.3, -0.25) is 4.79 Å². The Labute approximate surface area is 156 Å². The fourth-order valence-electron chi connectivity index (χ4n) is 2.38. The molecule has 0 aromatic heterocycles. The summed E-state index contributed by atoms with van der Waals surface area (Å²) in [6, 6.07) is 8.36. The Hall–Kier alpha value is -2.78. The van der Waals surface area contributed by atoms with Gasteiger partial charge in [-0.25, -0.2) is 22.3 Å². The number of hydrogen-bond donors (Lipinski definition) is 3. The molecule has 0 unspecified atom stereocenters. The number of carbonyl (C=O) groups excluding carboxylic acids is 1. The molecule has 7 nitrogen and oxygen atoms in total. The number of carboxylic acids is 1. The van der Waals surface area contributed by atoms with Crippen LogP contribution in [0.3, 0.4) is 0 Å². The molecule has 2 rings (SSSR count). The number of hydrogen-bond acceptors (Lipinski definition) is 4. The van der Waals surface area contributed by atoms with E-state index in [1.807, 2.05) is 0 Å². The minimum absolute atomic E-state index is 0.0655. The van der Waals surface area contributed by atoms with Crippen LogP contribution < -0.4 is 10.0 Å². The topological polar surface area (TPSA) is 113 Å². The van der Waals surface area contributed by atoms with Gasteiger partial charge in [0.2, 0.25) is 10.0 Å². The lowest BCUT2D eigenvalue weighted by atomic mass is 10.1. The minimum atomic E-state index is -3.83. The van der Waals surface area contributed by atoms with E-state index < -0.39 is 33.8 Å². The van der Waals surface area contributed by atoms with E-state index in [9.17, 15) is 27.5 Å². The first-order valence-electron chi connectivity index (χ1n) is 8.02. The highest BCUT2D eigenvalue weighted by atomic mass is 32.2. The van der Waals surface area contributed by atoms with E-state index >= 15 is 0 Å². The Morgan fingerprint density at radius 1 is 1.07 bits per heavy atom. The average molecular weight is 394 g/mol. The highest BCUT2D eigenvalue weighted by molar-refractivity contribution is 7.89. The Bertz CT molecular complexity index is 960. The predicted octanol–water partition coefficient (Wildman–Crippen LogP) is 2.07. The molecular formula is C18H19FN2O5S. The zero-order valence-corrected chi connectivity index (χ0v) is 15.5. The van der Waals surface area contributed by atoms with Crippen molar-refractivity contribution in [1.82, 2.24) is 10.0 Å². The molecule has 2 aromatic carbocycles. The van der Waals surface area contributed by atoms with Crippen molar-refractivity contribution in [2.75, 3.05) is 0 Å². The minimum Gasteiger partial charge on any atom is -0.479 e. The molecule has 9 heteroatoms. The zero-order valence-electron chi connectivity index (χ0n) is 14.6. The fraction of sp³-hybridized carbons (Fsp3) is 0.222. The van der Waals surface area contributed by atoms with Crippen molar-refractivity contribution >= 4 is 21.9 Å². The second-order valence-corrected chi connectivity index (χ2v) is 7.78. The first-order chi connectivity index (χ1) is 12.6. The summed E-state index contributed by atoms with van der Waals surface area (Å²) < 4.78 is 40.7. The molecule has 0 bridgehead atoms. The van der Waals surface area contributed by atoms with Gasteiger partial charge in [0.25, 0.3) is 5.91 Å². The summed E-state index contributed by atoms with van der Waals surface area (Å²) >= 11 is 0. The molecule has 1 amide bonds. The molecule has 0 aliphatic heterocycles. The second-order valence-electron chi connectivity index (χ2n) is 6.07. The van der Waals surface area contributed by atoms with E-state index in [4.69, 9.17) is 0 Å². The fourth-order valence-corrected chi connectivity index (χ4v) is 3.68. The van der Waals surface area contributed by atoms with Gasteiger partial charge in [0, 0.05) is 17.2 Å². The summed E-state index contributed by atoms with van der Waals surface area (Å²) in [6.07, 6.45) is 0. The highest BCUT2D eigenvalue weighted by Crippen LogP contribution is 2.19. The number of amides is 1. The third-order valence-corrected chi connectivity index (χ3v) is 5.19. The molecular weight excluding hydrogens is 375 g/mol. The van der Waals surface area contributed by atoms with Gasteiger partial charge in [0.05, 0.1) is 4.90 Å². The van der Waals surface area contributed by atoms with Crippen LogP contribution in [0.4, 0.5) is 4.39 Å². The first kappa shape index (κ1) is 20.5. The number of halogens is 1. The summed E-state index contributed by atoms with van der Waals surface area (Å²) in [7, 11) is -3.83. The second kappa shape index (κ2) is 8.28. The summed E-state index contributed by atoms with van der Waals surface area (Å²) in [4.78, 5) is 23.8. The molecule has 0 saturated heterocycles. The van der Waals surface area contributed by atoms with Gasteiger partial charge in [-0.1, -0.05) is 24.3 Å². The molecule has 3 N–H and O–H groups in total. The Kier molecular flexibility index (Phi) is 6.29. The van der Waals surface area contributed by atoms with Gasteiger partial charge >= 0.3 is 5.97 Å². The Morgan fingerprint density at radius 3 is 2.33 bits per heavy atom. The molecule has 0 aliphatic rings. The smallest absolute Gasteiger partial charge is 0.331 e. The number of rotatable bonds is 7. The molecule has 0 heterocycles. The van der Waals surface area contributed by atoms with Crippen molar-refractivity contribution in [3.63, 3.8) is 0 Å². The zero-order chi connectivity index (χ0) is 20.2. The van der Waals surface area contributed by atoms with Crippen LogP contribution in [0.1, 0.15) is 35.8 Å². The van der Waals surface area contributed by atoms with E-state index in [1.165, 1.54) is 36.4 Å². The summed E-state index contributed by atoms with van der Waals surface area (Å²) in [5, 5.41) is 11.6. The molecule has 1 atom stereocenters. The van der Waals surface area contributed by atoms with Gasteiger partial charge in [-0.15, -0.1) is 0 Å². The van der Waals surface area contributed by atoms with E-state index in [0.717, 1.165) is 12.1 Å². The molecule has 144 valence electrons. The number of aliphatic carboxylic acids is 1. The standard InChI is InChI=1S/C18H19FN2O5S/c1-11(2)21-27(25,26)13-7-5-6-12(10-13)17(22)20-16(18(23)24)14-8-3-4-9-15(14)19/h3-11,16,21H,1-2H3,(H,20,22)(H,23,24)/t16-/m1/s1. The summed E-state index contributed by atoms with van der Waals surface area (Å²) in [5.74, 6) is -3.06. The van der Waals surface area contributed by atoms with Crippen LogP contribution >= 0.6 is 0 Å². The monoisotopic (exact) mass is 394 g/mol. The molecule has 2 aromatic rings. The van der Waals surface area contributed by atoms with Crippen molar-refractivity contribution < 1.29 is 27.5 Å². The largest absolute Gasteiger partial charge is 0.479 e. The van der Waals surface area contributed by atoms with Gasteiger partial charge in [0.15, 0.2) is 6.04 Å². The predicted molar refractivity (Wildman–Crippen MR) is 96.1 cm³/mol. The van der Waals surface area contributed by atoms with Crippen LogP contribution in [0.25, 0.3) is 0 Å². The Morgan fingerprint density at radius 2 is 1.74 bits per heavy atom. The number of nitrogens with one attached hydrogen (secondary N) is 2. The Balaban J connectivity index is 2.31. The quantitative estimate of drug-likeness (QED) is 0.665. The lowest BCUT2D eigenvalue weighted by Crippen LogP contribution is -2.34. The van der Waals surface area contributed by atoms with Gasteiger partial charge < -0.3 is 10.4 Å². The van der Waals surface area contributed by atoms with Crippen LogP contribution in [0.2, 0.25) is 0 Å². The van der Waals surface area contributed by atoms with Gasteiger partial charge in [0.1, 0.15) is 5.82 Å². The van der Waals surface area contributed by atoms with E-state index in [2.05, 4.69) is 10.0 Å². The lowest BCUT2D eigenvalue weighted by molar-refractivity contribution is -0.139. The molecule has 27 heavy (non-hydrogen) atoms. The van der Waals surface area contributed by atoms with Crippen LogP contribution in [-0.2, 0) is 14.8 Å². The van der Waals surface area contributed by atoms with Gasteiger partial charge in [-0.05, 0) is 38.1 Å². The molecule has 0 fully saturated rings. The normalized spacial score (nSPS) is 12.6. The number of sulfonamides is 1. The van der Waals surface area contributed by atoms with Crippen molar-refractivity contribution in [2.45, 2.75) is 30.8 Å². The summed E-state index contributed by atoms with van der Waals surface area (Å²) in [5.41, 5.74) is -0.271. The van der Waals surface area contributed by atoms with E-state index in [1.54, 1.807) is 13.8 Å². The molecule has 0 aliphatic carbocycles. The third kappa shape index (κ3) is 5.11. The third-order valence-electron chi connectivity index (χ3n) is 3.54. The van der Waals surface area contributed by atoms with Crippen LogP contribution in [0, 0.1) is 5.82 Å². The number of carbonyl (C=O) groups is 2. The SMILES string of the molecule is CC(C)NS(=O)(=O)c1cccc(C(=O)N[C@@H](C(=O)O)c2ccccc2F)c1. The van der Waals surface area contributed by atoms with E-state index in [-0.39, 0.29) is 22.1 Å². The molecule has 0 saturated carbocycles. The molecule has 0 spiro atoms. The maximum Gasteiger partial charge on any atom is 0.331 e. The van der Waals surface area contributed by atoms with Gasteiger partial charge in [-0.2, -0.15) is 0 Å². The van der Waals surface area contributed by atoms with E-state index in [0.29, 0.717) is 0 Å². The lowest BCUT2D eigenvalue weighted by Gasteiger charge is -2.16. The van der Waals surface area contributed by atoms with Crippen molar-refractivity contribution in [3.05, 3.63) is 65.5 Å².